The molecule has 1 amide bonds. The summed E-state index contributed by atoms with van der Waals surface area (Å²) in [4.78, 5) is 11.5. The molecule has 0 bridgehead atoms. The van der Waals surface area contributed by atoms with Crippen molar-refractivity contribution in [3.05, 3.63) is 29.6 Å². The van der Waals surface area contributed by atoms with E-state index >= 15 is 0 Å². The van der Waals surface area contributed by atoms with E-state index in [0.29, 0.717) is 31.0 Å². The number of rotatable bonds is 6. The second-order valence-corrected chi connectivity index (χ2v) is 5.02. The molecule has 0 aliphatic carbocycles. The molecule has 104 valence electrons. The first-order chi connectivity index (χ1) is 9.19. The van der Waals surface area contributed by atoms with Gasteiger partial charge >= 0.3 is 0 Å². The molecule has 2 rings (SSSR count). The molecule has 1 N–H and O–H groups in total. The zero-order valence-electron chi connectivity index (χ0n) is 10.6. The van der Waals surface area contributed by atoms with Crippen molar-refractivity contribution in [2.75, 3.05) is 12.4 Å². The molecule has 3 nitrogen and oxygen atoms in total. The Hall–Kier alpha value is -1.29. The fourth-order valence-corrected chi connectivity index (χ4v) is 2.29. The molecule has 0 aromatic heterocycles. The van der Waals surface area contributed by atoms with Gasteiger partial charge in [-0.1, -0.05) is 0 Å². The topological polar surface area (TPSA) is 38.3 Å². The van der Waals surface area contributed by atoms with Crippen molar-refractivity contribution >= 4 is 17.5 Å². The Bertz CT molecular complexity index is 453. The van der Waals surface area contributed by atoms with Gasteiger partial charge in [0.25, 0.3) is 0 Å². The van der Waals surface area contributed by atoms with E-state index in [1.807, 2.05) is 0 Å². The molecule has 1 aromatic rings. The van der Waals surface area contributed by atoms with Crippen LogP contribution in [0.4, 0.5) is 4.39 Å². The Morgan fingerprint density at radius 2 is 2.32 bits per heavy atom. The van der Waals surface area contributed by atoms with Crippen LogP contribution in [0.3, 0.4) is 0 Å². The molecule has 1 aliphatic rings. The molecule has 0 spiro atoms. The van der Waals surface area contributed by atoms with E-state index in [2.05, 4.69) is 5.32 Å². The number of alkyl halides is 1. The van der Waals surface area contributed by atoms with Crippen LogP contribution in [0.5, 0.6) is 5.75 Å². The molecule has 1 aromatic carbocycles. The second-order valence-electron chi connectivity index (χ2n) is 4.65. The second kappa shape index (κ2) is 6.75. The Morgan fingerprint density at radius 1 is 1.47 bits per heavy atom. The summed E-state index contributed by atoms with van der Waals surface area (Å²) in [5.74, 6) is 1.05. The number of carbonyl (C=O) groups excluding carboxylic acids is 1. The van der Waals surface area contributed by atoms with Crippen LogP contribution < -0.4 is 10.1 Å². The first-order valence-corrected chi connectivity index (χ1v) is 7.00. The van der Waals surface area contributed by atoms with Gasteiger partial charge in [0.1, 0.15) is 17.7 Å². The van der Waals surface area contributed by atoms with Crippen molar-refractivity contribution in [1.29, 1.82) is 0 Å². The molecule has 1 atom stereocenters. The molecule has 1 unspecified atom stereocenters. The van der Waals surface area contributed by atoms with Gasteiger partial charge in [0.05, 0.1) is 6.54 Å². The number of unbranched alkanes of at least 4 members (excludes halogenated alkanes) is 1. The van der Waals surface area contributed by atoms with E-state index in [1.54, 1.807) is 6.07 Å². The highest BCUT2D eigenvalue weighted by molar-refractivity contribution is 6.17. The number of amides is 1. The van der Waals surface area contributed by atoms with E-state index in [0.717, 1.165) is 18.4 Å². The quantitative estimate of drug-likeness (QED) is 0.645. The van der Waals surface area contributed by atoms with Gasteiger partial charge in [-0.2, -0.15) is 0 Å². The van der Waals surface area contributed by atoms with Crippen LogP contribution in [-0.2, 0) is 11.2 Å². The minimum Gasteiger partial charge on any atom is -0.488 e. The van der Waals surface area contributed by atoms with Crippen LogP contribution in [0.1, 0.15) is 24.8 Å². The van der Waals surface area contributed by atoms with Crippen LogP contribution in [0, 0.1) is 5.82 Å². The molecule has 0 fully saturated rings. The lowest BCUT2D eigenvalue weighted by Crippen LogP contribution is -2.34. The predicted molar refractivity (Wildman–Crippen MR) is 72.1 cm³/mol. The standard InChI is InChI=1S/C14H17ClFNO2/c15-6-2-1-3-14(18)17-9-12-8-10-7-11(16)4-5-13(10)19-12/h4-5,7,12H,1-3,6,8-9H2,(H,17,18). The largest absolute Gasteiger partial charge is 0.488 e. The van der Waals surface area contributed by atoms with Gasteiger partial charge in [-0.25, -0.2) is 4.39 Å². The normalized spacial score (nSPS) is 16.8. The maximum Gasteiger partial charge on any atom is 0.220 e. The monoisotopic (exact) mass is 285 g/mol. The number of fused-ring (bicyclic) bond motifs is 1. The number of hydrogen-bond acceptors (Lipinski definition) is 2. The smallest absolute Gasteiger partial charge is 0.220 e. The van der Waals surface area contributed by atoms with E-state index in [1.165, 1.54) is 12.1 Å². The maximum absolute atomic E-state index is 13.0. The summed E-state index contributed by atoms with van der Waals surface area (Å²) in [6.07, 6.45) is 2.66. The van der Waals surface area contributed by atoms with Crippen molar-refractivity contribution in [2.45, 2.75) is 31.8 Å². The molecular weight excluding hydrogens is 269 g/mol. The lowest BCUT2D eigenvalue weighted by Gasteiger charge is -2.11. The van der Waals surface area contributed by atoms with Gasteiger partial charge in [-0.3, -0.25) is 4.79 Å². The number of ether oxygens (including phenoxy) is 1. The lowest BCUT2D eigenvalue weighted by atomic mass is 10.1. The minimum absolute atomic E-state index is 0.0100. The lowest BCUT2D eigenvalue weighted by molar-refractivity contribution is -0.121. The fraction of sp³-hybridized carbons (Fsp3) is 0.500. The predicted octanol–water partition coefficient (Wildman–Crippen LogP) is 2.65. The van der Waals surface area contributed by atoms with Gasteiger partial charge in [0, 0.05) is 24.3 Å². The average Bonchev–Trinajstić information content (AvgIpc) is 2.78. The Labute approximate surface area is 117 Å². The van der Waals surface area contributed by atoms with Crippen LogP contribution in [0.2, 0.25) is 0 Å². The molecule has 19 heavy (non-hydrogen) atoms. The van der Waals surface area contributed by atoms with Crippen molar-refractivity contribution in [3.8, 4) is 5.75 Å². The molecule has 1 heterocycles. The molecular formula is C14H17ClFNO2. The number of nitrogens with one attached hydrogen (secondary N) is 1. The van der Waals surface area contributed by atoms with Gasteiger partial charge in [0.15, 0.2) is 0 Å². The maximum atomic E-state index is 13.0. The fourth-order valence-electron chi connectivity index (χ4n) is 2.10. The van der Waals surface area contributed by atoms with E-state index in [9.17, 15) is 9.18 Å². The van der Waals surface area contributed by atoms with Crippen LogP contribution in [0.15, 0.2) is 18.2 Å². The molecule has 1 aliphatic heterocycles. The minimum atomic E-state index is -0.256. The Balaban J connectivity index is 1.73. The van der Waals surface area contributed by atoms with Gasteiger partial charge < -0.3 is 10.1 Å². The number of benzene rings is 1. The van der Waals surface area contributed by atoms with Crippen molar-refractivity contribution in [2.24, 2.45) is 0 Å². The molecule has 0 saturated carbocycles. The van der Waals surface area contributed by atoms with Crippen LogP contribution >= 0.6 is 11.6 Å². The number of carbonyl (C=O) groups is 1. The third-order valence-electron chi connectivity index (χ3n) is 3.08. The van der Waals surface area contributed by atoms with Crippen LogP contribution in [0.25, 0.3) is 0 Å². The highest BCUT2D eigenvalue weighted by Gasteiger charge is 2.23. The highest BCUT2D eigenvalue weighted by Crippen LogP contribution is 2.28. The summed E-state index contributed by atoms with van der Waals surface area (Å²) in [6, 6.07) is 4.50. The third kappa shape index (κ3) is 4.10. The Kier molecular flexibility index (Phi) is 5.02. The summed E-state index contributed by atoms with van der Waals surface area (Å²) in [7, 11) is 0. The summed E-state index contributed by atoms with van der Waals surface area (Å²) < 4.78 is 18.7. The summed E-state index contributed by atoms with van der Waals surface area (Å²) in [6.45, 7) is 0.454. The van der Waals surface area contributed by atoms with E-state index < -0.39 is 0 Å². The first kappa shape index (κ1) is 14.1. The van der Waals surface area contributed by atoms with Gasteiger partial charge in [-0.05, 0) is 31.0 Å². The van der Waals surface area contributed by atoms with E-state index in [4.69, 9.17) is 16.3 Å². The number of hydrogen-bond donors (Lipinski definition) is 1. The van der Waals surface area contributed by atoms with Gasteiger partial charge in [-0.15, -0.1) is 11.6 Å². The third-order valence-corrected chi connectivity index (χ3v) is 3.35. The van der Waals surface area contributed by atoms with Crippen molar-refractivity contribution < 1.29 is 13.9 Å². The molecule has 0 radical (unpaired) electrons. The van der Waals surface area contributed by atoms with Crippen molar-refractivity contribution in [1.82, 2.24) is 5.32 Å². The zero-order valence-corrected chi connectivity index (χ0v) is 11.4. The van der Waals surface area contributed by atoms with Gasteiger partial charge in [0.2, 0.25) is 5.91 Å². The summed E-state index contributed by atoms with van der Waals surface area (Å²) in [5, 5.41) is 2.83. The SMILES string of the molecule is O=C(CCCCCl)NCC1Cc2cc(F)ccc2O1. The molecule has 5 heteroatoms. The average molecular weight is 286 g/mol. The summed E-state index contributed by atoms with van der Waals surface area (Å²) >= 11 is 5.55. The summed E-state index contributed by atoms with van der Waals surface area (Å²) in [5.41, 5.74) is 0.862. The first-order valence-electron chi connectivity index (χ1n) is 6.47. The number of halogens is 2. The van der Waals surface area contributed by atoms with Crippen LogP contribution in [-0.4, -0.2) is 24.4 Å². The van der Waals surface area contributed by atoms with E-state index in [-0.39, 0.29) is 17.8 Å². The zero-order chi connectivity index (χ0) is 13.7. The molecule has 0 saturated heterocycles. The highest BCUT2D eigenvalue weighted by atomic mass is 35.5. The van der Waals surface area contributed by atoms with Crippen molar-refractivity contribution in [3.63, 3.8) is 0 Å². The Morgan fingerprint density at radius 3 is 3.11 bits per heavy atom.